The molecule has 154 valence electrons. The van der Waals surface area contributed by atoms with Gasteiger partial charge in [-0.1, -0.05) is 0 Å². The lowest BCUT2D eigenvalue weighted by atomic mass is 9.93. The summed E-state index contributed by atoms with van der Waals surface area (Å²) < 4.78 is 8.82. The lowest BCUT2D eigenvalue weighted by Crippen LogP contribution is -2.78. The molecule has 1 rings (SSSR count). The second-order valence-corrected chi connectivity index (χ2v) is 5.76. The molecule has 14 nitrogen and oxygen atoms in total. The summed E-state index contributed by atoms with van der Waals surface area (Å²) in [6.45, 7) is -1.98. The molecule has 0 saturated carbocycles. The first-order valence-electron chi connectivity index (χ1n) is 7.28. The summed E-state index contributed by atoms with van der Waals surface area (Å²) in [5.74, 6) is -8.87. The number of hydrogen-bond acceptors (Lipinski definition) is 14. The lowest BCUT2D eigenvalue weighted by Gasteiger charge is -2.49. The molecule has 1 saturated heterocycles. The first-order valence-corrected chi connectivity index (χ1v) is 7.28. The molecule has 0 aromatic heterocycles. The standard InChI is InChI=1S/C12H23NO13/c13-12(24)11(23,9(21)6(18)4(2-15)25-12)26-10(22)8(20)7(19)5(17)3(16)1-14/h3-9,14-21,23-24H,1-2,13H2/t3?,4-,5?,6-,7?,8?,9+,11-,12?/m1/s1. The number of carbonyl (C=O) groups excluding carboxylic acids is 1. The van der Waals surface area contributed by atoms with Crippen LogP contribution in [0.25, 0.3) is 0 Å². The Morgan fingerprint density at radius 2 is 1.65 bits per heavy atom. The highest BCUT2D eigenvalue weighted by Crippen LogP contribution is 2.35. The van der Waals surface area contributed by atoms with Gasteiger partial charge in [-0.25, -0.2) is 4.79 Å². The van der Waals surface area contributed by atoms with Crippen LogP contribution in [0, 0.1) is 0 Å². The van der Waals surface area contributed by atoms with E-state index in [-0.39, 0.29) is 0 Å². The van der Waals surface area contributed by atoms with Crippen LogP contribution in [-0.4, -0.2) is 125 Å². The Morgan fingerprint density at radius 3 is 2.12 bits per heavy atom. The fraction of sp³-hybridized carbons (Fsp3) is 0.917. The molecule has 0 aromatic rings. The van der Waals surface area contributed by atoms with Crippen LogP contribution in [0.2, 0.25) is 0 Å². The van der Waals surface area contributed by atoms with E-state index in [4.69, 9.17) is 21.1 Å². The van der Waals surface area contributed by atoms with Crippen molar-refractivity contribution in [3.05, 3.63) is 0 Å². The average molecular weight is 389 g/mol. The molecule has 1 fully saturated rings. The first-order chi connectivity index (χ1) is 11.8. The zero-order chi connectivity index (χ0) is 20.4. The predicted octanol–water partition coefficient (Wildman–Crippen LogP) is -7.63. The van der Waals surface area contributed by atoms with Gasteiger partial charge in [0.15, 0.2) is 12.2 Å². The van der Waals surface area contributed by atoms with Crippen LogP contribution in [0.1, 0.15) is 0 Å². The Hall–Kier alpha value is -1.01. The lowest BCUT2D eigenvalue weighted by molar-refractivity contribution is -0.446. The predicted molar refractivity (Wildman–Crippen MR) is 75.3 cm³/mol. The molecule has 9 atom stereocenters. The first kappa shape index (κ1) is 23.0. The molecule has 1 aliphatic rings. The number of hydrogen-bond donors (Lipinski definition) is 11. The monoisotopic (exact) mass is 389 g/mol. The van der Waals surface area contributed by atoms with E-state index in [0.717, 1.165) is 0 Å². The minimum Gasteiger partial charge on any atom is -0.421 e. The molecule has 0 amide bonds. The summed E-state index contributed by atoms with van der Waals surface area (Å²) >= 11 is 0. The third kappa shape index (κ3) is 4.11. The van der Waals surface area contributed by atoms with E-state index in [1.807, 2.05) is 0 Å². The third-order valence-corrected chi connectivity index (χ3v) is 3.88. The number of carbonyl (C=O) groups is 1. The quantitative estimate of drug-likeness (QED) is 0.143. The average Bonchev–Trinajstić information content (AvgIpc) is 2.60. The van der Waals surface area contributed by atoms with Crippen LogP contribution in [0.3, 0.4) is 0 Å². The van der Waals surface area contributed by atoms with Gasteiger partial charge in [0.1, 0.15) is 30.5 Å². The minimum atomic E-state index is -3.56. The van der Waals surface area contributed by atoms with Crippen molar-refractivity contribution < 1.29 is 65.3 Å². The zero-order valence-electron chi connectivity index (χ0n) is 13.2. The van der Waals surface area contributed by atoms with Crippen LogP contribution in [0.5, 0.6) is 0 Å². The van der Waals surface area contributed by atoms with Crippen molar-refractivity contribution in [2.75, 3.05) is 13.2 Å². The van der Waals surface area contributed by atoms with Crippen LogP contribution in [0.15, 0.2) is 0 Å². The molecule has 0 radical (unpaired) electrons. The van der Waals surface area contributed by atoms with Crippen molar-refractivity contribution in [1.29, 1.82) is 0 Å². The Bertz CT molecular complexity index is 490. The van der Waals surface area contributed by atoms with Gasteiger partial charge in [-0.2, -0.15) is 0 Å². The van der Waals surface area contributed by atoms with Gasteiger partial charge in [0.05, 0.1) is 13.2 Å². The van der Waals surface area contributed by atoms with Crippen LogP contribution >= 0.6 is 0 Å². The summed E-state index contributed by atoms with van der Waals surface area (Å²) in [6.07, 6.45) is -15.5. The van der Waals surface area contributed by atoms with Crippen molar-refractivity contribution in [2.24, 2.45) is 5.73 Å². The maximum absolute atomic E-state index is 11.9. The summed E-state index contributed by atoms with van der Waals surface area (Å²) in [6, 6.07) is 0. The molecule has 5 unspecified atom stereocenters. The molecule has 0 aromatic carbocycles. The number of rotatable bonds is 7. The van der Waals surface area contributed by atoms with Gasteiger partial charge in [0.2, 0.25) is 0 Å². The molecular formula is C12H23NO13. The second-order valence-electron chi connectivity index (χ2n) is 5.76. The van der Waals surface area contributed by atoms with Crippen LogP contribution < -0.4 is 5.73 Å². The van der Waals surface area contributed by atoms with Crippen molar-refractivity contribution in [2.45, 2.75) is 54.4 Å². The zero-order valence-corrected chi connectivity index (χ0v) is 13.2. The second kappa shape index (κ2) is 8.34. The van der Waals surface area contributed by atoms with Gasteiger partial charge in [0, 0.05) is 0 Å². The Labute approximate surface area is 145 Å². The van der Waals surface area contributed by atoms with E-state index >= 15 is 0 Å². The number of aliphatic hydroxyl groups is 10. The van der Waals surface area contributed by atoms with E-state index in [9.17, 15) is 40.5 Å². The highest BCUT2D eigenvalue weighted by atomic mass is 16.8. The van der Waals surface area contributed by atoms with Crippen molar-refractivity contribution in [3.63, 3.8) is 0 Å². The third-order valence-electron chi connectivity index (χ3n) is 3.88. The number of esters is 1. The molecular weight excluding hydrogens is 366 g/mol. The van der Waals surface area contributed by atoms with E-state index in [1.54, 1.807) is 0 Å². The molecule has 1 heterocycles. The molecule has 0 aliphatic carbocycles. The molecule has 1 aliphatic heterocycles. The van der Waals surface area contributed by atoms with Gasteiger partial charge < -0.3 is 60.5 Å². The molecule has 26 heavy (non-hydrogen) atoms. The Morgan fingerprint density at radius 1 is 1.12 bits per heavy atom. The van der Waals surface area contributed by atoms with Gasteiger partial charge in [-0.05, 0) is 0 Å². The number of ether oxygens (including phenoxy) is 2. The smallest absolute Gasteiger partial charge is 0.340 e. The Balaban J connectivity index is 2.98. The van der Waals surface area contributed by atoms with Crippen LogP contribution in [0.4, 0.5) is 0 Å². The van der Waals surface area contributed by atoms with E-state index < -0.39 is 73.6 Å². The topological polar surface area (TPSA) is 264 Å². The van der Waals surface area contributed by atoms with Gasteiger partial charge in [-0.15, -0.1) is 0 Å². The van der Waals surface area contributed by atoms with Crippen molar-refractivity contribution >= 4 is 5.97 Å². The van der Waals surface area contributed by atoms with Crippen molar-refractivity contribution in [3.8, 4) is 0 Å². The van der Waals surface area contributed by atoms with E-state index in [1.165, 1.54) is 0 Å². The van der Waals surface area contributed by atoms with Gasteiger partial charge in [-0.3, -0.25) is 5.73 Å². The molecule has 0 spiro atoms. The maximum Gasteiger partial charge on any atom is 0.340 e. The minimum absolute atomic E-state index is 0.950. The summed E-state index contributed by atoms with van der Waals surface area (Å²) in [7, 11) is 0. The van der Waals surface area contributed by atoms with E-state index in [2.05, 4.69) is 9.47 Å². The fourth-order valence-corrected chi connectivity index (χ4v) is 2.19. The maximum atomic E-state index is 11.9. The fourth-order valence-electron chi connectivity index (χ4n) is 2.19. The van der Waals surface area contributed by atoms with E-state index in [0.29, 0.717) is 0 Å². The van der Waals surface area contributed by atoms with Gasteiger partial charge in [0.25, 0.3) is 5.91 Å². The van der Waals surface area contributed by atoms with Gasteiger partial charge >= 0.3 is 11.8 Å². The summed E-state index contributed by atoms with van der Waals surface area (Å²) in [5.41, 5.74) is 5.19. The Kier molecular flexibility index (Phi) is 7.39. The van der Waals surface area contributed by atoms with Crippen LogP contribution in [-0.2, 0) is 14.3 Å². The number of nitrogens with two attached hydrogens (primary N) is 1. The molecule has 14 heteroatoms. The normalized spacial score (nSPS) is 39.7. The molecule has 0 bridgehead atoms. The summed E-state index contributed by atoms with van der Waals surface area (Å²) in [4.78, 5) is 11.9. The highest BCUT2D eigenvalue weighted by molar-refractivity contribution is 5.75. The van der Waals surface area contributed by atoms with Crippen molar-refractivity contribution in [1.82, 2.24) is 0 Å². The highest BCUT2D eigenvalue weighted by Gasteiger charge is 2.65. The molecule has 12 N–H and O–H groups in total. The number of aliphatic hydroxyl groups excluding tert-OH is 8. The SMILES string of the molecule is NC1(O)O[C@H](CO)[C@@H](O)[C@H](O)[C@@]1(O)OC(=O)C(O)C(O)C(O)C(O)CO. The largest absolute Gasteiger partial charge is 0.421 e. The summed E-state index contributed by atoms with van der Waals surface area (Å²) in [5, 5.41) is 95.0.